The Labute approximate surface area is 169 Å². The van der Waals surface area contributed by atoms with Crippen LogP contribution in [0.2, 0.25) is 0 Å². The summed E-state index contributed by atoms with van der Waals surface area (Å²) in [6, 6.07) is 27.6. The summed E-state index contributed by atoms with van der Waals surface area (Å²) in [4.78, 5) is 14.6. The molecule has 0 radical (unpaired) electrons. The van der Waals surface area contributed by atoms with Crippen molar-refractivity contribution < 1.29 is 9.53 Å². The third-order valence-electron chi connectivity index (χ3n) is 4.57. The number of carbonyl (C=O) groups excluding carboxylic acids is 1. The van der Waals surface area contributed by atoms with Gasteiger partial charge in [-0.15, -0.1) is 11.8 Å². The quantitative estimate of drug-likeness (QED) is 0.621. The lowest BCUT2D eigenvalue weighted by molar-refractivity contribution is 0.214. The maximum absolute atomic E-state index is 12.8. The molecule has 0 aromatic heterocycles. The summed E-state index contributed by atoms with van der Waals surface area (Å²) in [6.45, 7) is 1.25. The van der Waals surface area contributed by atoms with Crippen LogP contribution in [0.1, 0.15) is 16.5 Å². The van der Waals surface area contributed by atoms with E-state index < -0.39 is 0 Å². The second-order valence-electron chi connectivity index (χ2n) is 6.56. The molecule has 2 amide bonds. The molecule has 1 heterocycles. The number of benzene rings is 3. The van der Waals surface area contributed by atoms with Gasteiger partial charge in [-0.2, -0.15) is 0 Å². The van der Waals surface area contributed by atoms with Crippen molar-refractivity contribution in [2.75, 3.05) is 17.6 Å². The number of rotatable bonds is 5. The molecule has 1 aliphatic heterocycles. The van der Waals surface area contributed by atoms with Crippen LogP contribution < -0.4 is 10.1 Å². The number of para-hydroxylation sites is 1. The van der Waals surface area contributed by atoms with Crippen LogP contribution in [0.5, 0.6) is 5.75 Å². The highest BCUT2D eigenvalue weighted by Crippen LogP contribution is 2.39. The van der Waals surface area contributed by atoms with E-state index in [0.29, 0.717) is 6.61 Å². The normalized spacial score (nSPS) is 16.0. The first-order valence-corrected chi connectivity index (χ1v) is 10.4. The second-order valence-corrected chi connectivity index (χ2v) is 7.75. The molecule has 28 heavy (non-hydrogen) atoms. The number of nitrogens with zero attached hydrogens (tertiary/aromatic N) is 1. The van der Waals surface area contributed by atoms with Gasteiger partial charge in [-0.25, -0.2) is 4.79 Å². The van der Waals surface area contributed by atoms with Gasteiger partial charge in [0.1, 0.15) is 17.7 Å². The van der Waals surface area contributed by atoms with Gasteiger partial charge in [0.15, 0.2) is 0 Å². The van der Waals surface area contributed by atoms with Crippen molar-refractivity contribution in [2.45, 2.75) is 12.0 Å². The predicted octanol–water partition coefficient (Wildman–Crippen LogP) is 5.55. The van der Waals surface area contributed by atoms with Gasteiger partial charge in [-0.3, -0.25) is 0 Å². The van der Waals surface area contributed by atoms with E-state index in [2.05, 4.69) is 11.4 Å². The van der Waals surface area contributed by atoms with E-state index in [4.69, 9.17) is 4.74 Å². The fraction of sp³-hybridized carbons (Fsp3) is 0.174. The molecule has 0 aliphatic carbocycles. The average molecular weight is 391 g/mol. The number of urea groups is 1. The van der Waals surface area contributed by atoms with Crippen LogP contribution in [-0.2, 0) is 6.61 Å². The lowest BCUT2D eigenvalue weighted by Crippen LogP contribution is -2.34. The fourth-order valence-corrected chi connectivity index (χ4v) is 4.42. The fourth-order valence-electron chi connectivity index (χ4n) is 3.17. The van der Waals surface area contributed by atoms with Crippen LogP contribution in [0.4, 0.5) is 10.5 Å². The first kappa shape index (κ1) is 18.4. The molecule has 0 spiro atoms. The minimum absolute atomic E-state index is 0.0102. The van der Waals surface area contributed by atoms with E-state index in [1.54, 1.807) is 11.8 Å². The second kappa shape index (κ2) is 8.85. The summed E-state index contributed by atoms with van der Waals surface area (Å²) in [5, 5.41) is 2.98. The lowest BCUT2D eigenvalue weighted by Gasteiger charge is -2.24. The largest absolute Gasteiger partial charge is 0.489 e. The number of nitrogens with one attached hydrogen (secondary N) is 1. The van der Waals surface area contributed by atoms with Crippen molar-refractivity contribution in [1.82, 2.24) is 4.90 Å². The Morgan fingerprint density at radius 2 is 1.75 bits per heavy atom. The van der Waals surface area contributed by atoms with Crippen molar-refractivity contribution in [2.24, 2.45) is 0 Å². The summed E-state index contributed by atoms with van der Waals surface area (Å²) >= 11 is 1.78. The molecule has 3 aromatic rings. The minimum Gasteiger partial charge on any atom is -0.489 e. The van der Waals surface area contributed by atoms with Gasteiger partial charge in [0.05, 0.1) is 0 Å². The molecule has 1 saturated heterocycles. The molecule has 1 N–H and O–H groups in total. The molecule has 1 unspecified atom stereocenters. The van der Waals surface area contributed by atoms with Crippen LogP contribution in [-0.4, -0.2) is 23.2 Å². The standard InChI is InChI=1S/C23H22N2O2S/c26-23(24-20-11-5-2-6-12-20)25-14-15-28-22(25)19-10-7-13-21(16-19)27-17-18-8-3-1-4-9-18/h1-13,16,22H,14-15,17H2,(H,24,26). The van der Waals surface area contributed by atoms with Gasteiger partial charge in [0.2, 0.25) is 0 Å². The van der Waals surface area contributed by atoms with Crippen LogP contribution in [0.15, 0.2) is 84.9 Å². The van der Waals surface area contributed by atoms with Gasteiger partial charge in [0, 0.05) is 18.0 Å². The zero-order chi connectivity index (χ0) is 19.2. The summed E-state index contributed by atoms with van der Waals surface area (Å²) in [5.74, 6) is 1.74. The molecule has 0 saturated carbocycles. The van der Waals surface area contributed by atoms with Crippen LogP contribution in [0.25, 0.3) is 0 Å². The Kier molecular flexibility index (Phi) is 5.83. The van der Waals surface area contributed by atoms with E-state index >= 15 is 0 Å². The first-order chi connectivity index (χ1) is 13.8. The molecule has 1 fully saturated rings. The highest BCUT2D eigenvalue weighted by Gasteiger charge is 2.31. The van der Waals surface area contributed by atoms with Crippen molar-refractivity contribution in [1.29, 1.82) is 0 Å². The van der Waals surface area contributed by atoms with E-state index in [1.807, 2.05) is 83.8 Å². The average Bonchev–Trinajstić information content (AvgIpc) is 3.24. The molecule has 5 heteroatoms. The van der Waals surface area contributed by atoms with Gasteiger partial charge in [-0.05, 0) is 35.4 Å². The van der Waals surface area contributed by atoms with Crippen molar-refractivity contribution in [3.8, 4) is 5.75 Å². The van der Waals surface area contributed by atoms with E-state index in [-0.39, 0.29) is 11.4 Å². The zero-order valence-corrected chi connectivity index (χ0v) is 16.3. The van der Waals surface area contributed by atoms with Crippen LogP contribution >= 0.6 is 11.8 Å². The van der Waals surface area contributed by atoms with Gasteiger partial charge in [0.25, 0.3) is 0 Å². The Balaban J connectivity index is 1.44. The van der Waals surface area contributed by atoms with Crippen molar-refractivity contribution in [3.63, 3.8) is 0 Å². The third kappa shape index (κ3) is 4.49. The Morgan fingerprint density at radius 1 is 1.00 bits per heavy atom. The molecule has 1 aliphatic rings. The van der Waals surface area contributed by atoms with Crippen molar-refractivity contribution in [3.05, 3.63) is 96.1 Å². The van der Waals surface area contributed by atoms with Crippen molar-refractivity contribution >= 4 is 23.5 Å². The van der Waals surface area contributed by atoms with Gasteiger partial charge >= 0.3 is 6.03 Å². The molecule has 142 valence electrons. The van der Waals surface area contributed by atoms with E-state index in [9.17, 15) is 4.79 Å². The number of anilines is 1. The molecule has 3 aromatic carbocycles. The maximum atomic E-state index is 12.8. The number of amides is 2. The summed E-state index contributed by atoms with van der Waals surface area (Å²) in [7, 11) is 0. The smallest absolute Gasteiger partial charge is 0.323 e. The molecular weight excluding hydrogens is 368 g/mol. The molecule has 4 nitrogen and oxygen atoms in total. The number of carbonyl (C=O) groups is 1. The lowest BCUT2D eigenvalue weighted by atomic mass is 10.2. The number of hydrogen-bond donors (Lipinski definition) is 1. The van der Waals surface area contributed by atoms with E-state index in [0.717, 1.165) is 34.9 Å². The molecule has 1 atom stereocenters. The Morgan fingerprint density at radius 3 is 2.54 bits per heavy atom. The topological polar surface area (TPSA) is 41.6 Å². The highest BCUT2D eigenvalue weighted by molar-refractivity contribution is 7.99. The summed E-state index contributed by atoms with van der Waals surface area (Å²) in [6.07, 6.45) is 0. The zero-order valence-electron chi connectivity index (χ0n) is 15.5. The molecule has 4 rings (SSSR count). The van der Waals surface area contributed by atoms with Crippen LogP contribution in [0.3, 0.4) is 0 Å². The SMILES string of the molecule is O=C(Nc1ccccc1)N1CCSC1c1cccc(OCc2ccccc2)c1. The molecular formula is C23H22N2O2S. The summed E-state index contributed by atoms with van der Waals surface area (Å²) < 4.78 is 5.96. The monoisotopic (exact) mass is 390 g/mol. The number of hydrogen-bond acceptors (Lipinski definition) is 3. The third-order valence-corrected chi connectivity index (χ3v) is 5.83. The van der Waals surface area contributed by atoms with Gasteiger partial charge < -0.3 is 15.0 Å². The maximum Gasteiger partial charge on any atom is 0.323 e. The van der Waals surface area contributed by atoms with E-state index in [1.165, 1.54) is 0 Å². The molecule has 0 bridgehead atoms. The predicted molar refractivity (Wildman–Crippen MR) is 115 cm³/mol. The minimum atomic E-state index is -0.0724. The number of ether oxygens (including phenoxy) is 1. The Bertz CT molecular complexity index is 918. The Hall–Kier alpha value is -2.92. The van der Waals surface area contributed by atoms with Gasteiger partial charge in [-0.1, -0.05) is 60.7 Å². The van der Waals surface area contributed by atoms with Crippen LogP contribution in [0, 0.1) is 0 Å². The summed E-state index contributed by atoms with van der Waals surface area (Å²) in [5.41, 5.74) is 3.02. The number of thioether (sulfide) groups is 1. The highest BCUT2D eigenvalue weighted by atomic mass is 32.2. The first-order valence-electron chi connectivity index (χ1n) is 9.30.